The molecule has 2 N–H and O–H groups in total. The minimum Gasteiger partial charge on any atom is -0.423 e. The SMILES string of the molecule is O=C1CCc2sc(B(O)O)cc21. The van der Waals surface area contributed by atoms with E-state index in [0.29, 0.717) is 16.8 Å². The first kappa shape index (κ1) is 7.98. The molecule has 2 rings (SSSR count). The minimum atomic E-state index is -1.44. The summed E-state index contributed by atoms with van der Waals surface area (Å²) in [6.07, 6.45) is 1.33. The lowest BCUT2D eigenvalue weighted by Crippen LogP contribution is -2.26. The lowest BCUT2D eigenvalue weighted by molar-refractivity contribution is 0.0994. The van der Waals surface area contributed by atoms with Gasteiger partial charge in [-0.1, -0.05) is 0 Å². The van der Waals surface area contributed by atoms with E-state index in [1.807, 2.05) is 0 Å². The van der Waals surface area contributed by atoms with Crippen molar-refractivity contribution in [3.63, 3.8) is 0 Å². The molecule has 0 aromatic carbocycles. The molecule has 1 aliphatic carbocycles. The molecule has 12 heavy (non-hydrogen) atoms. The molecule has 0 fully saturated rings. The van der Waals surface area contributed by atoms with Gasteiger partial charge in [-0.15, -0.1) is 11.3 Å². The smallest absolute Gasteiger partial charge is 0.423 e. The molecule has 0 saturated heterocycles. The third kappa shape index (κ3) is 1.10. The van der Waals surface area contributed by atoms with Crippen LogP contribution in [-0.2, 0) is 6.42 Å². The number of fused-ring (bicyclic) bond motifs is 1. The van der Waals surface area contributed by atoms with Crippen molar-refractivity contribution in [3.05, 3.63) is 16.5 Å². The van der Waals surface area contributed by atoms with Crippen molar-refractivity contribution in [2.24, 2.45) is 0 Å². The first-order valence-corrected chi connectivity index (χ1v) is 4.52. The molecular weight excluding hydrogens is 175 g/mol. The Bertz CT molecular complexity index is 331. The zero-order chi connectivity index (χ0) is 8.72. The zero-order valence-electron chi connectivity index (χ0n) is 6.28. The largest absolute Gasteiger partial charge is 0.499 e. The number of thiophene rings is 1. The van der Waals surface area contributed by atoms with Crippen LogP contribution in [0.5, 0.6) is 0 Å². The molecular formula is C7H7BO3S. The normalized spacial score (nSPS) is 15.0. The molecule has 1 aromatic heterocycles. The Kier molecular flexibility index (Phi) is 1.79. The van der Waals surface area contributed by atoms with Crippen molar-refractivity contribution in [1.29, 1.82) is 0 Å². The molecule has 0 saturated carbocycles. The highest BCUT2D eigenvalue weighted by Crippen LogP contribution is 2.25. The molecule has 0 bridgehead atoms. The van der Waals surface area contributed by atoms with Gasteiger partial charge in [0.05, 0.1) is 0 Å². The second kappa shape index (κ2) is 2.69. The van der Waals surface area contributed by atoms with E-state index < -0.39 is 7.12 Å². The molecule has 0 amide bonds. The standard InChI is InChI=1S/C7H7BO3S/c9-5-1-2-6-4(5)3-7(12-6)8(10)11/h3,10-11H,1-2H2. The Morgan fingerprint density at radius 3 is 2.75 bits per heavy atom. The summed E-state index contributed by atoms with van der Waals surface area (Å²) in [6.45, 7) is 0. The predicted molar refractivity (Wildman–Crippen MR) is 46.8 cm³/mol. The van der Waals surface area contributed by atoms with Gasteiger partial charge >= 0.3 is 7.12 Å². The van der Waals surface area contributed by atoms with Crippen LogP contribution in [0.15, 0.2) is 6.07 Å². The average Bonchev–Trinajstić information content (AvgIpc) is 2.53. The second-order valence-electron chi connectivity index (χ2n) is 2.78. The van der Waals surface area contributed by atoms with Crippen LogP contribution in [-0.4, -0.2) is 22.9 Å². The molecule has 0 atom stereocenters. The molecule has 0 aliphatic heterocycles. The molecule has 62 valence electrons. The zero-order valence-corrected chi connectivity index (χ0v) is 7.10. The molecule has 5 heteroatoms. The van der Waals surface area contributed by atoms with Crippen molar-refractivity contribution >= 4 is 29.0 Å². The fourth-order valence-electron chi connectivity index (χ4n) is 1.36. The maximum atomic E-state index is 11.1. The van der Waals surface area contributed by atoms with Gasteiger partial charge in [-0.3, -0.25) is 4.79 Å². The van der Waals surface area contributed by atoms with Gasteiger partial charge in [0.15, 0.2) is 5.78 Å². The summed E-state index contributed by atoms with van der Waals surface area (Å²) in [5.74, 6) is 0.119. The van der Waals surface area contributed by atoms with E-state index in [9.17, 15) is 4.79 Å². The summed E-state index contributed by atoms with van der Waals surface area (Å²) in [7, 11) is -1.44. The summed E-state index contributed by atoms with van der Waals surface area (Å²) in [6, 6.07) is 1.58. The van der Waals surface area contributed by atoms with Crippen LogP contribution in [0.4, 0.5) is 0 Å². The Hall–Kier alpha value is -0.645. The van der Waals surface area contributed by atoms with Gasteiger partial charge in [-0.25, -0.2) is 0 Å². The highest BCUT2D eigenvalue weighted by Gasteiger charge is 2.25. The molecule has 1 heterocycles. The van der Waals surface area contributed by atoms with E-state index in [2.05, 4.69) is 0 Å². The summed E-state index contributed by atoms with van der Waals surface area (Å²) >= 11 is 1.31. The first-order valence-electron chi connectivity index (χ1n) is 3.70. The topological polar surface area (TPSA) is 57.5 Å². The first-order chi connectivity index (χ1) is 5.68. The molecule has 0 radical (unpaired) electrons. The maximum Gasteiger partial charge on any atom is 0.499 e. The van der Waals surface area contributed by atoms with Gasteiger partial charge in [0, 0.05) is 21.6 Å². The number of ketones is 1. The molecule has 1 aromatic rings. The summed E-state index contributed by atoms with van der Waals surface area (Å²) in [5.41, 5.74) is 0.683. The quantitative estimate of drug-likeness (QED) is 0.578. The fourth-order valence-corrected chi connectivity index (χ4v) is 2.41. The van der Waals surface area contributed by atoms with Crippen molar-refractivity contribution in [2.45, 2.75) is 12.8 Å². The van der Waals surface area contributed by atoms with Gasteiger partial charge in [-0.05, 0) is 12.5 Å². The molecule has 0 unspecified atom stereocenters. The van der Waals surface area contributed by atoms with Gasteiger partial charge in [0.1, 0.15) is 0 Å². The molecule has 1 aliphatic rings. The number of rotatable bonds is 1. The van der Waals surface area contributed by atoms with Gasteiger partial charge < -0.3 is 10.0 Å². The Balaban J connectivity index is 2.43. The van der Waals surface area contributed by atoms with E-state index in [1.54, 1.807) is 6.07 Å². The summed E-state index contributed by atoms with van der Waals surface area (Å²) in [5, 5.41) is 17.6. The van der Waals surface area contributed by atoms with Crippen LogP contribution in [0.25, 0.3) is 0 Å². The third-order valence-corrected chi connectivity index (χ3v) is 3.20. The summed E-state index contributed by atoms with van der Waals surface area (Å²) < 4.78 is 0.466. The van der Waals surface area contributed by atoms with Gasteiger partial charge in [0.25, 0.3) is 0 Å². The van der Waals surface area contributed by atoms with Gasteiger partial charge in [0.2, 0.25) is 0 Å². The van der Waals surface area contributed by atoms with Crippen LogP contribution >= 0.6 is 11.3 Å². The van der Waals surface area contributed by atoms with E-state index in [0.717, 1.165) is 11.3 Å². The van der Waals surface area contributed by atoms with Crippen LogP contribution in [0.2, 0.25) is 0 Å². The summed E-state index contributed by atoms with van der Waals surface area (Å²) in [4.78, 5) is 12.1. The van der Waals surface area contributed by atoms with Crippen LogP contribution in [0, 0.1) is 0 Å². The van der Waals surface area contributed by atoms with E-state index in [1.165, 1.54) is 11.3 Å². The highest BCUT2D eigenvalue weighted by atomic mass is 32.1. The molecule has 3 nitrogen and oxygen atoms in total. The number of carbonyl (C=O) groups excluding carboxylic acids is 1. The Morgan fingerprint density at radius 1 is 1.42 bits per heavy atom. The van der Waals surface area contributed by atoms with Crippen molar-refractivity contribution in [1.82, 2.24) is 0 Å². The minimum absolute atomic E-state index is 0.119. The van der Waals surface area contributed by atoms with Crippen LogP contribution in [0.1, 0.15) is 21.7 Å². The number of hydrogen-bond acceptors (Lipinski definition) is 4. The fraction of sp³-hybridized carbons (Fsp3) is 0.286. The molecule has 0 spiro atoms. The van der Waals surface area contributed by atoms with E-state index >= 15 is 0 Å². The predicted octanol–water partition coefficient (Wildman–Crippen LogP) is -0.443. The van der Waals surface area contributed by atoms with Gasteiger partial charge in [-0.2, -0.15) is 0 Å². The van der Waals surface area contributed by atoms with Crippen LogP contribution in [0.3, 0.4) is 0 Å². The van der Waals surface area contributed by atoms with Crippen molar-refractivity contribution in [3.8, 4) is 0 Å². The highest BCUT2D eigenvalue weighted by molar-refractivity contribution is 7.22. The van der Waals surface area contributed by atoms with Crippen molar-refractivity contribution < 1.29 is 14.8 Å². The second-order valence-corrected chi connectivity index (χ2v) is 3.95. The maximum absolute atomic E-state index is 11.1. The number of carbonyl (C=O) groups is 1. The third-order valence-electron chi connectivity index (χ3n) is 1.96. The van der Waals surface area contributed by atoms with E-state index in [4.69, 9.17) is 10.0 Å². The van der Waals surface area contributed by atoms with Crippen LogP contribution < -0.4 is 4.78 Å². The average molecular weight is 182 g/mol. The lowest BCUT2D eigenvalue weighted by atomic mass is 9.89. The number of hydrogen-bond donors (Lipinski definition) is 2. The number of Topliss-reactive ketones (excluding diaryl/α,β-unsaturated/α-hetero) is 1. The van der Waals surface area contributed by atoms with Crippen molar-refractivity contribution in [2.75, 3.05) is 0 Å². The van der Waals surface area contributed by atoms with E-state index in [-0.39, 0.29) is 5.78 Å². The number of aryl methyl sites for hydroxylation is 1. The lowest BCUT2D eigenvalue weighted by Gasteiger charge is -1.90. The Labute approximate surface area is 73.8 Å². The Morgan fingerprint density at radius 2 is 2.17 bits per heavy atom. The monoisotopic (exact) mass is 182 g/mol.